The molecule has 17 heavy (non-hydrogen) atoms. The van der Waals surface area contributed by atoms with Crippen LogP contribution in [0.2, 0.25) is 0 Å². The van der Waals surface area contributed by atoms with Gasteiger partial charge < -0.3 is 10.6 Å². The second-order valence-electron chi connectivity index (χ2n) is 4.81. The lowest BCUT2D eigenvalue weighted by Gasteiger charge is -2.30. The molecule has 1 fully saturated rings. The molecule has 2 heterocycles. The van der Waals surface area contributed by atoms with E-state index in [1.165, 1.54) is 0 Å². The molecule has 5 nitrogen and oxygen atoms in total. The van der Waals surface area contributed by atoms with Gasteiger partial charge in [0.25, 0.3) is 0 Å². The van der Waals surface area contributed by atoms with Gasteiger partial charge in [0, 0.05) is 37.8 Å². The lowest BCUT2D eigenvalue weighted by atomic mass is 9.97. The Bertz CT molecular complexity index is 426. The molecule has 1 aliphatic rings. The minimum absolute atomic E-state index is 0.00523. The SMILES string of the molecule is Cc1c(C2C(N)CCCC(=O)N2C)cnn1C. The van der Waals surface area contributed by atoms with Crippen molar-refractivity contribution in [3.05, 3.63) is 17.5 Å². The van der Waals surface area contributed by atoms with Crippen LogP contribution in [0.3, 0.4) is 0 Å². The third-order valence-corrected chi connectivity index (χ3v) is 3.74. The third kappa shape index (κ3) is 2.07. The van der Waals surface area contributed by atoms with Crippen molar-refractivity contribution in [2.45, 2.75) is 38.3 Å². The molecule has 1 saturated heterocycles. The van der Waals surface area contributed by atoms with E-state index in [4.69, 9.17) is 5.73 Å². The average molecular weight is 236 g/mol. The maximum Gasteiger partial charge on any atom is 0.222 e. The molecule has 1 aromatic heterocycles. The van der Waals surface area contributed by atoms with Crippen LogP contribution in [0.5, 0.6) is 0 Å². The predicted octanol–water partition coefficient (Wildman–Crippen LogP) is 0.739. The van der Waals surface area contributed by atoms with Gasteiger partial charge in [-0.05, 0) is 19.8 Å². The standard InChI is InChI=1S/C12H20N4O/c1-8-9(7-14-16(8)3)12-10(13)5-4-6-11(17)15(12)2/h7,10,12H,4-6,13H2,1-3H3. The number of aryl methyl sites for hydroxylation is 1. The fourth-order valence-electron chi connectivity index (χ4n) is 2.51. The highest BCUT2D eigenvalue weighted by Gasteiger charge is 2.32. The Kier molecular flexibility index (Phi) is 3.19. The van der Waals surface area contributed by atoms with Crippen LogP contribution in [-0.2, 0) is 11.8 Å². The van der Waals surface area contributed by atoms with E-state index in [2.05, 4.69) is 5.10 Å². The summed E-state index contributed by atoms with van der Waals surface area (Å²) < 4.78 is 1.82. The predicted molar refractivity (Wildman–Crippen MR) is 65.3 cm³/mol. The van der Waals surface area contributed by atoms with Crippen LogP contribution in [-0.4, -0.2) is 33.7 Å². The first-order valence-electron chi connectivity index (χ1n) is 6.02. The Morgan fingerprint density at radius 2 is 2.18 bits per heavy atom. The maximum absolute atomic E-state index is 11.9. The monoisotopic (exact) mass is 236 g/mol. The van der Waals surface area contributed by atoms with E-state index in [1.807, 2.05) is 31.9 Å². The maximum atomic E-state index is 11.9. The number of rotatable bonds is 1. The van der Waals surface area contributed by atoms with Crippen LogP contribution in [0.15, 0.2) is 6.20 Å². The summed E-state index contributed by atoms with van der Waals surface area (Å²) in [5.74, 6) is 0.172. The zero-order chi connectivity index (χ0) is 12.6. The van der Waals surface area contributed by atoms with Crippen molar-refractivity contribution >= 4 is 5.91 Å². The Morgan fingerprint density at radius 3 is 2.76 bits per heavy atom. The van der Waals surface area contributed by atoms with Gasteiger partial charge in [-0.15, -0.1) is 0 Å². The van der Waals surface area contributed by atoms with Gasteiger partial charge in [-0.25, -0.2) is 0 Å². The summed E-state index contributed by atoms with van der Waals surface area (Å²) >= 11 is 0. The molecule has 94 valence electrons. The highest BCUT2D eigenvalue weighted by Crippen LogP contribution is 2.30. The minimum atomic E-state index is -0.0429. The quantitative estimate of drug-likeness (QED) is 0.782. The summed E-state index contributed by atoms with van der Waals surface area (Å²) in [6.45, 7) is 2.01. The molecule has 5 heteroatoms. The van der Waals surface area contributed by atoms with Gasteiger partial charge in [-0.2, -0.15) is 5.10 Å². The van der Waals surface area contributed by atoms with Gasteiger partial charge in [0.15, 0.2) is 0 Å². The first kappa shape index (κ1) is 12.1. The molecule has 1 aromatic rings. The molecule has 1 aliphatic heterocycles. The molecule has 2 rings (SSSR count). The van der Waals surface area contributed by atoms with Crippen LogP contribution in [0, 0.1) is 6.92 Å². The highest BCUT2D eigenvalue weighted by molar-refractivity contribution is 5.76. The highest BCUT2D eigenvalue weighted by atomic mass is 16.2. The van der Waals surface area contributed by atoms with Crippen LogP contribution in [0.4, 0.5) is 0 Å². The van der Waals surface area contributed by atoms with E-state index in [9.17, 15) is 4.79 Å². The Hall–Kier alpha value is -1.36. The van der Waals surface area contributed by atoms with Crippen molar-refractivity contribution in [3.8, 4) is 0 Å². The summed E-state index contributed by atoms with van der Waals surface area (Å²) in [6, 6.07) is -0.0481. The summed E-state index contributed by atoms with van der Waals surface area (Å²) in [5, 5.41) is 4.24. The van der Waals surface area contributed by atoms with Crippen molar-refractivity contribution in [1.82, 2.24) is 14.7 Å². The fourth-order valence-corrected chi connectivity index (χ4v) is 2.51. The van der Waals surface area contributed by atoms with Gasteiger partial charge in [0.1, 0.15) is 0 Å². The first-order valence-corrected chi connectivity index (χ1v) is 6.02. The summed E-state index contributed by atoms with van der Waals surface area (Å²) in [7, 11) is 3.74. The molecule has 2 atom stereocenters. The van der Waals surface area contributed by atoms with E-state index < -0.39 is 0 Å². The van der Waals surface area contributed by atoms with Crippen LogP contribution in [0.25, 0.3) is 0 Å². The lowest BCUT2D eigenvalue weighted by Crippen LogP contribution is -2.40. The molecule has 0 saturated carbocycles. The number of likely N-dealkylation sites (N-methyl/N-ethyl adjacent to an activating group) is 1. The molecule has 0 bridgehead atoms. The lowest BCUT2D eigenvalue weighted by molar-refractivity contribution is -0.131. The van der Waals surface area contributed by atoms with E-state index in [0.29, 0.717) is 6.42 Å². The van der Waals surface area contributed by atoms with E-state index in [-0.39, 0.29) is 18.0 Å². The second kappa shape index (κ2) is 4.49. The topological polar surface area (TPSA) is 64.2 Å². The van der Waals surface area contributed by atoms with Crippen molar-refractivity contribution in [1.29, 1.82) is 0 Å². The van der Waals surface area contributed by atoms with Crippen LogP contribution >= 0.6 is 0 Å². The Labute approximate surface area is 102 Å². The molecule has 2 unspecified atom stereocenters. The second-order valence-corrected chi connectivity index (χ2v) is 4.81. The fraction of sp³-hybridized carbons (Fsp3) is 0.667. The number of nitrogens with two attached hydrogens (primary N) is 1. The van der Waals surface area contributed by atoms with E-state index in [1.54, 1.807) is 4.90 Å². The summed E-state index contributed by atoms with van der Waals surface area (Å²) in [4.78, 5) is 13.7. The molecule has 0 radical (unpaired) electrons. The molecule has 2 N–H and O–H groups in total. The number of carbonyl (C=O) groups excluding carboxylic acids is 1. The number of carbonyl (C=O) groups is 1. The average Bonchev–Trinajstić information content (AvgIpc) is 2.54. The van der Waals surface area contributed by atoms with Crippen molar-refractivity contribution in [2.75, 3.05) is 7.05 Å². The molecule has 0 spiro atoms. The molecular formula is C12H20N4O. The van der Waals surface area contributed by atoms with Crippen molar-refractivity contribution < 1.29 is 4.79 Å². The number of hydrogen-bond donors (Lipinski definition) is 1. The Balaban J connectivity index is 2.39. The molecule has 1 amide bonds. The number of nitrogens with zero attached hydrogens (tertiary/aromatic N) is 3. The molecule has 0 aromatic carbocycles. The van der Waals surface area contributed by atoms with Crippen LogP contribution in [0.1, 0.15) is 36.6 Å². The summed E-state index contributed by atoms with van der Waals surface area (Å²) in [5.41, 5.74) is 8.35. The largest absolute Gasteiger partial charge is 0.337 e. The van der Waals surface area contributed by atoms with Crippen LogP contribution < -0.4 is 5.73 Å². The van der Waals surface area contributed by atoms with Gasteiger partial charge in [-0.1, -0.05) is 0 Å². The van der Waals surface area contributed by atoms with Gasteiger partial charge in [0.2, 0.25) is 5.91 Å². The van der Waals surface area contributed by atoms with Crippen molar-refractivity contribution in [2.24, 2.45) is 12.8 Å². The van der Waals surface area contributed by atoms with Gasteiger partial charge in [-0.3, -0.25) is 9.48 Å². The van der Waals surface area contributed by atoms with E-state index in [0.717, 1.165) is 24.1 Å². The first-order chi connectivity index (χ1) is 8.02. The zero-order valence-corrected chi connectivity index (χ0v) is 10.7. The Morgan fingerprint density at radius 1 is 1.47 bits per heavy atom. The van der Waals surface area contributed by atoms with Gasteiger partial charge >= 0.3 is 0 Å². The smallest absolute Gasteiger partial charge is 0.222 e. The third-order valence-electron chi connectivity index (χ3n) is 3.74. The van der Waals surface area contributed by atoms with Gasteiger partial charge in [0.05, 0.1) is 12.2 Å². The summed E-state index contributed by atoms with van der Waals surface area (Å²) in [6.07, 6.45) is 4.18. The van der Waals surface area contributed by atoms with E-state index >= 15 is 0 Å². The number of amides is 1. The zero-order valence-electron chi connectivity index (χ0n) is 10.7. The minimum Gasteiger partial charge on any atom is -0.337 e. The normalized spacial score (nSPS) is 26.1. The molecule has 0 aliphatic carbocycles. The van der Waals surface area contributed by atoms with Crippen molar-refractivity contribution in [3.63, 3.8) is 0 Å². The number of aromatic nitrogens is 2. The molecular weight excluding hydrogens is 216 g/mol. The number of hydrogen-bond acceptors (Lipinski definition) is 3. The number of likely N-dealkylation sites (tertiary alicyclic amines) is 1.